The Morgan fingerprint density at radius 1 is 1.42 bits per heavy atom. The van der Waals surface area contributed by atoms with Crippen molar-refractivity contribution < 1.29 is 14.3 Å². The Kier molecular flexibility index (Phi) is 6.80. The molecule has 1 unspecified atom stereocenters. The molecule has 0 radical (unpaired) electrons. The van der Waals surface area contributed by atoms with Crippen LogP contribution in [0.15, 0.2) is 0 Å². The molecule has 2 amide bonds. The molecule has 1 saturated heterocycles. The fraction of sp³-hybridized carbons (Fsp3) is 0.846. The van der Waals surface area contributed by atoms with Gasteiger partial charge in [-0.05, 0) is 33.9 Å². The first-order valence-corrected chi connectivity index (χ1v) is 6.88. The second-order valence-corrected chi connectivity index (χ2v) is 5.05. The standard InChI is InChI=1S/C13H25N3O3/c1-10(2)15-13(18)11-9-19-8-7-16(11)12(17)5-4-6-14-3/h10-11,14H,4-9H2,1-3H3,(H,15,18). The summed E-state index contributed by atoms with van der Waals surface area (Å²) >= 11 is 0. The van der Waals surface area contributed by atoms with Crippen LogP contribution >= 0.6 is 0 Å². The highest BCUT2D eigenvalue weighted by atomic mass is 16.5. The molecule has 0 aromatic carbocycles. The fourth-order valence-corrected chi connectivity index (χ4v) is 2.06. The maximum absolute atomic E-state index is 12.1. The lowest BCUT2D eigenvalue weighted by atomic mass is 10.1. The largest absolute Gasteiger partial charge is 0.377 e. The molecule has 19 heavy (non-hydrogen) atoms. The van der Waals surface area contributed by atoms with E-state index in [1.807, 2.05) is 20.9 Å². The average molecular weight is 271 g/mol. The van der Waals surface area contributed by atoms with Crippen molar-refractivity contribution in [1.82, 2.24) is 15.5 Å². The lowest BCUT2D eigenvalue weighted by Crippen LogP contribution is -2.56. The van der Waals surface area contributed by atoms with Crippen LogP contribution in [0.3, 0.4) is 0 Å². The molecule has 1 atom stereocenters. The molecule has 0 aromatic rings. The summed E-state index contributed by atoms with van der Waals surface area (Å²) in [6.45, 7) is 5.90. The first-order valence-electron chi connectivity index (χ1n) is 6.88. The minimum absolute atomic E-state index is 0.0301. The monoisotopic (exact) mass is 271 g/mol. The topological polar surface area (TPSA) is 70.7 Å². The molecule has 2 N–H and O–H groups in total. The van der Waals surface area contributed by atoms with E-state index in [4.69, 9.17) is 4.74 Å². The van der Waals surface area contributed by atoms with E-state index in [0.717, 1.165) is 13.0 Å². The average Bonchev–Trinajstić information content (AvgIpc) is 2.38. The van der Waals surface area contributed by atoms with Gasteiger partial charge >= 0.3 is 0 Å². The number of hydrogen-bond donors (Lipinski definition) is 2. The van der Waals surface area contributed by atoms with Crippen LogP contribution in [0.2, 0.25) is 0 Å². The lowest BCUT2D eigenvalue weighted by molar-refractivity contribution is -0.148. The summed E-state index contributed by atoms with van der Waals surface area (Å²) in [7, 11) is 1.86. The number of carbonyl (C=O) groups is 2. The van der Waals surface area contributed by atoms with Gasteiger partial charge < -0.3 is 20.3 Å². The first-order chi connectivity index (χ1) is 9.06. The second-order valence-electron chi connectivity index (χ2n) is 5.05. The molecule has 1 aliphatic rings. The van der Waals surface area contributed by atoms with Gasteiger partial charge in [0.25, 0.3) is 0 Å². The van der Waals surface area contributed by atoms with Gasteiger partial charge in [-0.3, -0.25) is 9.59 Å². The van der Waals surface area contributed by atoms with Crippen molar-refractivity contribution in [2.75, 3.05) is 33.4 Å². The molecule has 110 valence electrons. The van der Waals surface area contributed by atoms with Gasteiger partial charge in [0, 0.05) is 19.0 Å². The third kappa shape index (κ3) is 5.16. The maximum atomic E-state index is 12.1. The minimum atomic E-state index is -0.488. The summed E-state index contributed by atoms with van der Waals surface area (Å²) in [6.07, 6.45) is 1.25. The summed E-state index contributed by atoms with van der Waals surface area (Å²) in [5.74, 6) is -0.0980. The SMILES string of the molecule is CNCCCC(=O)N1CCOCC1C(=O)NC(C)C. The van der Waals surface area contributed by atoms with Gasteiger partial charge in [-0.1, -0.05) is 0 Å². The summed E-state index contributed by atoms with van der Waals surface area (Å²) in [6, 6.07) is -0.422. The molecule has 1 aliphatic heterocycles. The molecule has 0 spiro atoms. The van der Waals surface area contributed by atoms with Gasteiger partial charge in [-0.25, -0.2) is 0 Å². The highest BCUT2D eigenvalue weighted by Gasteiger charge is 2.32. The number of amides is 2. The van der Waals surface area contributed by atoms with E-state index in [2.05, 4.69) is 10.6 Å². The van der Waals surface area contributed by atoms with E-state index in [-0.39, 0.29) is 24.5 Å². The zero-order valence-corrected chi connectivity index (χ0v) is 12.1. The summed E-state index contributed by atoms with van der Waals surface area (Å²) in [5, 5.41) is 5.85. The zero-order valence-electron chi connectivity index (χ0n) is 12.1. The smallest absolute Gasteiger partial charge is 0.245 e. The van der Waals surface area contributed by atoms with Crippen LogP contribution in [0, 0.1) is 0 Å². The normalized spacial score (nSPS) is 19.6. The van der Waals surface area contributed by atoms with E-state index < -0.39 is 6.04 Å². The van der Waals surface area contributed by atoms with E-state index in [0.29, 0.717) is 19.6 Å². The van der Waals surface area contributed by atoms with Crippen molar-refractivity contribution >= 4 is 11.8 Å². The van der Waals surface area contributed by atoms with Crippen molar-refractivity contribution in [2.24, 2.45) is 0 Å². The van der Waals surface area contributed by atoms with Crippen molar-refractivity contribution in [2.45, 2.75) is 38.8 Å². The quantitative estimate of drug-likeness (QED) is 0.653. The Morgan fingerprint density at radius 2 is 2.16 bits per heavy atom. The number of carbonyl (C=O) groups excluding carboxylic acids is 2. The second kappa shape index (κ2) is 8.12. The molecule has 1 fully saturated rings. The van der Waals surface area contributed by atoms with Crippen LogP contribution in [0.5, 0.6) is 0 Å². The van der Waals surface area contributed by atoms with Gasteiger partial charge in [-0.15, -0.1) is 0 Å². The zero-order chi connectivity index (χ0) is 14.3. The highest BCUT2D eigenvalue weighted by molar-refractivity contribution is 5.88. The summed E-state index contributed by atoms with van der Waals surface area (Å²) < 4.78 is 5.32. The van der Waals surface area contributed by atoms with Crippen LogP contribution in [0.4, 0.5) is 0 Å². The molecule has 0 bridgehead atoms. The van der Waals surface area contributed by atoms with Gasteiger partial charge in [0.2, 0.25) is 11.8 Å². The van der Waals surface area contributed by atoms with Crippen LogP contribution in [0.25, 0.3) is 0 Å². The predicted molar refractivity (Wildman–Crippen MR) is 72.8 cm³/mol. The highest BCUT2D eigenvalue weighted by Crippen LogP contribution is 2.10. The third-order valence-corrected chi connectivity index (χ3v) is 3.00. The fourth-order valence-electron chi connectivity index (χ4n) is 2.06. The lowest BCUT2D eigenvalue weighted by Gasteiger charge is -2.35. The number of morpholine rings is 1. The molecule has 0 aliphatic carbocycles. The number of nitrogens with zero attached hydrogens (tertiary/aromatic N) is 1. The van der Waals surface area contributed by atoms with Crippen LogP contribution in [-0.4, -0.2) is 62.1 Å². The van der Waals surface area contributed by atoms with Gasteiger partial charge in [-0.2, -0.15) is 0 Å². The Balaban J connectivity index is 2.56. The van der Waals surface area contributed by atoms with Crippen molar-refractivity contribution in [3.05, 3.63) is 0 Å². The van der Waals surface area contributed by atoms with Crippen LogP contribution in [0.1, 0.15) is 26.7 Å². The third-order valence-electron chi connectivity index (χ3n) is 3.00. The molecular weight excluding hydrogens is 246 g/mol. The Labute approximate surface area is 114 Å². The molecule has 0 saturated carbocycles. The molecule has 1 heterocycles. The molecule has 6 nitrogen and oxygen atoms in total. The van der Waals surface area contributed by atoms with E-state index in [1.54, 1.807) is 4.90 Å². The van der Waals surface area contributed by atoms with Gasteiger partial charge in [0.05, 0.1) is 13.2 Å². The van der Waals surface area contributed by atoms with Crippen LogP contribution in [-0.2, 0) is 14.3 Å². The Morgan fingerprint density at radius 3 is 2.79 bits per heavy atom. The van der Waals surface area contributed by atoms with Gasteiger partial charge in [0.15, 0.2) is 0 Å². The van der Waals surface area contributed by atoms with Crippen molar-refractivity contribution in [1.29, 1.82) is 0 Å². The molecule has 0 aromatic heterocycles. The number of ether oxygens (including phenoxy) is 1. The minimum Gasteiger partial charge on any atom is -0.377 e. The number of rotatable bonds is 6. The molecule has 6 heteroatoms. The Bertz CT molecular complexity index is 308. The van der Waals surface area contributed by atoms with E-state index in [1.165, 1.54) is 0 Å². The molecular formula is C13H25N3O3. The number of nitrogens with one attached hydrogen (secondary N) is 2. The Hall–Kier alpha value is -1.14. The van der Waals surface area contributed by atoms with E-state index >= 15 is 0 Å². The first kappa shape index (κ1) is 15.9. The van der Waals surface area contributed by atoms with Crippen LogP contribution < -0.4 is 10.6 Å². The van der Waals surface area contributed by atoms with Gasteiger partial charge in [0.1, 0.15) is 6.04 Å². The van der Waals surface area contributed by atoms with E-state index in [9.17, 15) is 9.59 Å². The maximum Gasteiger partial charge on any atom is 0.245 e. The summed E-state index contributed by atoms with van der Waals surface area (Å²) in [5.41, 5.74) is 0. The van der Waals surface area contributed by atoms with Crippen molar-refractivity contribution in [3.8, 4) is 0 Å². The van der Waals surface area contributed by atoms with Crippen molar-refractivity contribution in [3.63, 3.8) is 0 Å². The molecule has 1 rings (SSSR count). The number of hydrogen-bond acceptors (Lipinski definition) is 4. The summed E-state index contributed by atoms with van der Waals surface area (Å²) in [4.78, 5) is 25.8. The predicted octanol–water partition coefficient (Wildman–Crippen LogP) is -0.262.